The molecule has 2 aromatic heterocycles. The molecule has 10 heteroatoms. The fourth-order valence-corrected chi connectivity index (χ4v) is 5.14. The molecule has 0 aliphatic rings. The van der Waals surface area contributed by atoms with Crippen molar-refractivity contribution >= 4 is 17.0 Å². The van der Waals surface area contributed by atoms with Crippen molar-refractivity contribution in [2.75, 3.05) is 0 Å². The van der Waals surface area contributed by atoms with Crippen LogP contribution in [0.2, 0.25) is 0 Å². The molecule has 0 amide bonds. The van der Waals surface area contributed by atoms with Crippen molar-refractivity contribution in [2.24, 2.45) is 7.05 Å². The summed E-state index contributed by atoms with van der Waals surface area (Å²) in [6, 6.07) is 29.0. The lowest BCUT2D eigenvalue weighted by atomic mass is 10.0. The largest absolute Gasteiger partial charge is 0.481 e. The van der Waals surface area contributed by atoms with Crippen molar-refractivity contribution in [3.63, 3.8) is 0 Å². The van der Waals surface area contributed by atoms with E-state index in [1.54, 1.807) is 12.1 Å². The molecule has 1 N–H and O–H groups in total. The Morgan fingerprint density at radius 3 is 2.09 bits per heavy atom. The third-order valence-corrected chi connectivity index (χ3v) is 7.33. The van der Waals surface area contributed by atoms with Crippen LogP contribution < -0.4 is 15.2 Å². The van der Waals surface area contributed by atoms with Crippen LogP contribution in [0.15, 0.2) is 108 Å². The number of aromatic nitrogens is 3. The number of benzene rings is 4. The highest BCUT2D eigenvalue weighted by atomic mass is 19.1. The quantitative estimate of drug-likeness (QED) is 0.192. The number of halogens is 2. The Bertz CT molecular complexity index is 2080. The van der Waals surface area contributed by atoms with Crippen LogP contribution in [0.5, 0.6) is 11.8 Å². The summed E-state index contributed by atoms with van der Waals surface area (Å²) in [5.74, 6) is -2.32. The second-order valence-corrected chi connectivity index (χ2v) is 10.4. The molecule has 226 valence electrons. The van der Waals surface area contributed by atoms with Gasteiger partial charge in [0.05, 0.1) is 11.9 Å². The minimum atomic E-state index is -1.11. The Hall–Kier alpha value is -5.77. The molecule has 0 radical (unpaired) electrons. The number of aryl methyl sites for hydroxylation is 1. The highest BCUT2D eigenvalue weighted by Crippen LogP contribution is 2.33. The Morgan fingerprint density at radius 2 is 1.44 bits per heavy atom. The summed E-state index contributed by atoms with van der Waals surface area (Å²) in [6.07, 6.45) is -0.366. The number of carboxylic acids is 1. The van der Waals surface area contributed by atoms with Gasteiger partial charge < -0.3 is 14.6 Å². The summed E-state index contributed by atoms with van der Waals surface area (Å²) < 4.78 is 45.6. The number of hydrogen-bond donors (Lipinski definition) is 1. The number of aliphatic carboxylic acids is 1. The predicted octanol–water partition coefficient (Wildman–Crippen LogP) is 6.45. The summed E-state index contributed by atoms with van der Waals surface area (Å²) in [6.45, 7) is 0.416. The van der Waals surface area contributed by atoms with Crippen molar-refractivity contribution in [1.82, 2.24) is 14.1 Å². The number of fused-ring (bicyclic) bond motifs is 1. The van der Waals surface area contributed by atoms with Gasteiger partial charge in [0.2, 0.25) is 11.8 Å². The maximum Gasteiger partial charge on any atom is 0.333 e. The molecular formula is C35H27F2N3O5. The maximum absolute atomic E-state index is 16.1. The van der Waals surface area contributed by atoms with Gasteiger partial charge in [0.25, 0.3) is 0 Å². The summed E-state index contributed by atoms with van der Waals surface area (Å²) in [5.41, 5.74) is 1.80. The van der Waals surface area contributed by atoms with E-state index in [1.165, 1.54) is 35.9 Å². The normalized spacial score (nSPS) is 11.1. The van der Waals surface area contributed by atoms with Crippen LogP contribution >= 0.6 is 0 Å². The van der Waals surface area contributed by atoms with Gasteiger partial charge in [-0.1, -0.05) is 72.8 Å². The zero-order valence-corrected chi connectivity index (χ0v) is 24.1. The van der Waals surface area contributed by atoms with Crippen LogP contribution in [0, 0.1) is 11.6 Å². The topological polar surface area (TPSA) is 95.6 Å². The van der Waals surface area contributed by atoms with Gasteiger partial charge in [-0.2, -0.15) is 4.98 Å². The van der Waals surface area contributed by atoms with E-state index in [1.807, 2.05) is 60.7 Å². The Balaban J connectivity index is 1.42. The monoisotopic (exact) mass is 607 g/mol. The summed E-state index contributed by atoms with van der Waals surface area (Å²) in [5, 5.41) is 9.02. The van der Waals surface area contributed by atoms with Crippen LogP contribution in [0.4, 0.5) is 8.78 Å². The fraction of sp³-hybridized carbons (Fsp3) is 0.114. The van der Waals surface area contributed by atoms with Gasteiger partial charge in [-0.3, -0.25) is 13.9 Å². The number of ether oxygens (including phenoxy) is 2. The van der Waals surface area contributed by atoms with E-state index in [0.717, 1.165) is 21.8 Å². The van der Waals surface area contributed by atoms with Gasteiger partial charge in [-0.15, -0.1) is 0 Å². The Labute approximate surface area is 256 Å². The minimum Gasteiger partial charge on any atom is -0.481 e. The molecule has 4 aromatic carbocycles. The Kier molecular flexibility index (Phi) is 8.11. The average Bonchev–Trinajstić information content (AvgIpc) is 3.30. The van der Waals surface area contributed by atoms with Crippen molar-refractivity contribution in [1.29, 1.82) is 0 Å². The van der Waals surface area contributed by atoms with Crippen molar-refractivity contribution in [2.45, 2.75) is 19.6 Å². The van der Waals surface area contributed by atoms with E-state index in [0.29, 0.717) is 0 Å². The van der Waals surface area contributed by atoms with Crippen molar-refractivity contribution in [3.8, 4) is 28.6 Å². The number of carbonyl (C=O) groups is 1. The number of rotatable bonds is 10. The zero-order valence-electron chi connectivity index (χ0n) is 24.1. The summed E-state index contributed by atoms with van der Waals surface area (Å²) in [7, 11) is 1.43. The number of carboxylic acid groups (broad SMARTS) is 1. The highest BCUT2D eigenvalue weighted by molar-refractivity contribution is 5.85. The molecule has 2 heterocycles. The predicted molar refractivity (Wildman–Crippen MR) is 165 cm³/mol. The standard InChI is InChI=1S/C35H27F2N3O5/c1-39-33-28(15-14-26(32(33)37)25-13-12-24(18-27(25)36)19-31(41)42)40(35(39)43)29-16-17-30(44-20-22-8-4-2-5-9-22)38-34(29)45-21-23-10-6-3-7-11-23/h2-18H,19-21H2,1H3,(H,41,42). The lowest BCUT2D eigenvalue weighted by Gasteiger charge is -2.14. The van der Waals surface area contributed by atoms with Gasteiger partial charge in [-0.25, -0.2) is 13.6 Å². The lowest BCUT2D eigenvalue weighted by Crippen LogP contribution is -2.21. The molecule has 6 aromatic rings. The summed E-state index contributed by atoms with van der Waals surface area (Å²) >= 11 is 0. The van der Waals surface area contributed by atoms with E-state index in [4.69, 9.17) is 14.6 Å². The maximum atomic E-state index is 16.1. The molecule has 8 nitrogen and oxygen atoms in total. The van der Waals surface area contributed by atoms with Crippen LogP contribution in [-0.4, -0.2) is 25.2 Å². The van der Waals surface area contributed by atoms with Gasteiger partial charge >= 0.3 is 11.7 Å². The molecule has 0 aliphatic carbocycles. The van der Waals surface area contributed by atoms with E-state index in [2.05, 4.69) is 4.98 Å². The van der Waals surface area contributed by atoms with Gasteiger partial charge in [-0.05, 0) is 41.0 Å². The minimum absolute atomic E-state index is 0.0510. The third kappa shape index (κ3) is 6.03. The van der Waals surface area contributed by atoms with E-state index in [9.17, 15) is 9.59 Å². The highest BCUT2D eigenvalue weighted by Gasteiger charge is 2.23. The second kappa shape index (κ2) is 12.5. The van der Waals surface area contributed by atoms with Crippen LogP contribution in [0.25, 0.3) is 27.8 Å². The molecule has 0 bridgehead atoms. The summed E-state index contributed by atoms with van der Waals surface area (Å²) in [4.78, 5) is 29.2. The molecule has 0 unspecified atom stereocenters. The van der Waals surface area contributed by atoms with E-state index < -0.39 is 23.3 Å². The van der Waals surface area contributed by atoms with Gasteiger partial charge in [0, 0.05) is 24.2 Å². The molecule has 0 saturated carbocycles. The van der Waals surface area contributed by atoms with E-state index >= 15 is 8.78 Å². The number of nitrogens with zero attached hydrogens (tertiary/aromatic N) is 3. The lowest BCUT2D eigenvalue weighted by molar-refractivity contribution is -0.136. The SMILES string of the molecule is Cn1c(=O)n(-c2ccc(OCc3ccccc3)nc2OCc2ccccc2)c2ccc(-c3ccc(CC(=O)O)cc3F)c(F)c21. The fourth-order valence-electron chi connectivity index (χ4n) is 5.14. The number of hydrogen-bond acceptors (Lipinski definition) is 5. The first-order valence-electron chi connectivity index (χ1n) is 14.1. The first-order chi connectivity index (χ1) is 21.8. The number of pyridine rings is 1. The Morgan fingerprint density at radius 1 is 0.800 bits per heavy atom. The molecule has 0 spiro atoms. The molecular weight excluding hydrogens is 580 g/mol. The first kappa shape index (κ1) is 29.3. The first-order valence-corrected chi connectivity index (χ1v) is 14.1. The van der Waals surface area contributed by atoms with Gasteiger partial charge in [0.15, 0.2) is 5.82 Å². The second-order valence-electron chi connectivity index (χ2n) is 10.4. The van der Waals surface area contributed by atoms with Crippen molar-refractivity contribution in [3.05, 3.63) is 142 Å². The average molecular weight is 608 g/mol. The third-order valence-electron chi connectivity index (χ3n) is 7.33. The molecule has 0 fully saturated rings. The molecule has 0 aliphatic heterocycles. The zero-order chi connectivity index (χ0) is 31.5. The molecule has 0 saturated heterocycles. The van der Waals surface area contributed by atoms with Crippen molar-refractivity contribution < 1.29 is 28.2 Å². The van der Waals surface area contributed by atoms with Crippen LogP contribution in [0.3, 0.4) is 0 Å². The number of imidazole rings is 1. The smallest absolute Gasteiger partial charge is 0.333 e. The van der Waals surface area contributed by atoms with E-state index in [-0.39, 0.29) is 64.8 Å². The van der Waals surface area contributed by atoms with Crippen LogP contribution in [-0.2, 0) is 31.5 Å². The molecule has 45 heavy (non-hydrogen) atoms. The molecule has 0 atom stereocenters. The van der Waals surface area contributed by atoms with Gasteiger partial charge in [0.1, 0.15) is 30.2 Å². The van der Waals surface area contributed by atoms with Crippen LogP contribution in [0.1, 0.15) is 16.7 Å². The molecule has 6 rings (SSSR count).